The highest BCUT2D eigenvalue weighted by Crippen LogP contribution is 2.16. The van der Waals surface area contributed by atoms with Crippen molar-refractivity contribution in [1.29, 1.82) is 0 Å². The van der Waals surface area contributed by atoms with Crippen molar-refractivity contribution in [2.75, 3.05) is 17.3 Å². The Bertz CT molecular complexity index is 353. The van der Waals surface area contributed by atoms with Crippen LogP contribution in [-0.4, -0.2) is 22.4 Å². The largest absolute Gasteiger partial charge is 0.370 e. The summed E-state index contributed by atoms with van der Waals surface area (Å²) < 4.78 is 0. The first kappa shape index (κ1) is 11.2. The average molecular weight is 210 g/mol. The molecule has 0 aliphatic heterocycles. The summed E-state index contributed by atoms with van der Waals surface area (Å²) in [5.74, 6) is 6.08. The van der Waals surface area contributed by atoms with E-state index in [1.54, 1.807) is 0 Å². The number of hydrogen-bond donors (Lipinski definition) is 4. The summed E-state index contributed by atoms with van der Waals surface area (Å²) in [5, 5.41) is 2.97. The average Bonchev–Trinajstić information content (AvgIpc) is 2.20. The number of nitrogens with zero attached hydrogens (tertiary/aromatic N) is 2. The van der Waals surface area contributed by atoms with Crippen molar-refractivity contribution in [1.82, 2.24) is 9.97 Å². The van der Waals surface area contributed by atoms with Gasteiger partial charge in [0.05, 0.1) is 0 Å². The Labute approximate surface area is 87.2 Å². The van der Waals surface area contributed by atoms with Crippen molar-refractivity contribution in [3.05, 3.63) is 11.9 Å². The molecule has 0 saturated carbocycles. The van der Waals surface area contributed by atoms with Crippen LogP contribution in [0.3, 0.4) is 0 Å². The van der Waals surface area contributed by atoms with E-state index in [-0.39, 0.29) is 12.3 Å². The predicted molar refractivity (Wildman–Crippen MR) is 56.9 cm³/mol. The van der Waals surface area contributed by atoms with Crippen molar-refractivity contribution in [3.8, 4) is 0 Å². The Hall–Kier alpha value is -1.89. The highest BCUT2D eigenvalue weighted by atomic mass is 16.1. The van der Waals surface area contributed by atoms with E-state index in [9.17, 15) is 4.79 Å². The number of anilines is 2. The van der Waals surface area contributed by atoms with Crippen LogP contribution in [0.2, 0.25) is 0 Å². The Balaban J connectivity index is 2.64. The molecule has 82 valence electrons. The lowest BCUT2D eigenvalue weighted by Crippen LogP contribution is -2.17. The zero-order chi connectivity index (χ0) is 11.3. The van der Waals surface area contributed by atoms with Crippen LogP contribution in [0.5, 0.6) is 0 Å². The summed E-state index contributed by atoms with van der Waals surface area (Å²) in [6.07, 6.45) is 1.64. The molecule has 0 aliphatic carbocycles. The fourth-order valence-electron chi connectivity index (χ4n) is 1.08. The third-order valence-corrected chi connectivity index (χ3v) is 1.88. The van der Waals surface area contributed by atoms with E-state index in [0.717, 1.165) is 5.56 Å². The summed E-state index contributed by atoms with van der Waals surface area (Å²) in [6.45, 7) is 2.26. The van der Waals surface area contributed by atoms with Gasteiger partial charge in [0.25, 0.3) is 0 Å². The lowest BCUT2D eigenvalue weighted by molar-refractivity contribution is -0.117. The third kappa shape index (κ3) is 3.06. The molecule has 0 aliphatic rings. The highest BCUT2D eigenvalue weighted by Gasteiger charge is 2.05. The van der Waals surface area contributed by atoms with Crippen LogP contribution in [0.15, 0.2) is 6.33 Å². The van der Waals surface area contributed by atoms with Gasteiger partial charge in [0, 0.05) is 18.5 Å². The van der Waals surface area contributed by atoms with E-state index in [0.29, 0.717) is 18.2 Å². The first-order valence-electron chi connectivity index (χ1n) is 4.45. The number of amides is 1. The molecule has 0 unspecified atom stereocenters. The molecule has 1 heterocycles. The number of nitrogen functional groups attached to an aromatic ring is 1. The normalized spacial score (nSPS) is 9.73. The van der Waals surface area contributed by atoms with Crippen molar-refractivity contribution in [2.24, 2.45) is 11.6 Å². The van der Waals surface area contributed by atoms with Gasteiger partial charge in [0.15, 0.2) is 0 Å². The molecule has 1 amide bonds. The highest BCUT2D eigenvalue weighted by molar-refractivity contribution is 5.74. The zero-order valence-corrected chi connectivity index (χ0v) is 8.45. The van der Waals surface area contributed by atoms with Gasteiger partial charge in [-0.15, -0.1) is 0 Å². The fourth-order valence-corrected chi connectivity index (χ4v) is 1.08. The monoisotopic (exact) mass is 210 g/mol. The first-order chi connectivity index (χ1) is 7.15. The molecule has 7 nitrogen and oxygen atoms in total. The maximum Gasteiger partial charge on any atom is 0.219 e. The molecule has 6 N–H and O–H groups in total. The van der Waals surface area contributed by atoms with Crippen molar-refractivity contribution < 1.29 is 4.79 Å². The number of carbonyl (C=O) groups excluding carboxylic acids is 1. The molecule has 1 aromatic rings. The zero-order valence-electron chi connectivity index (χ0n) is 8.45. The molecule has 0 saturated heterocycles. The van der Waals surface area contributed by atoms with Gasteiger partial charge in [-0.3, -0.25) is 4.79 Å². The van der Waals surface area contributed by atoms with E-state index in [4.69, 9.17) is 11.6 Å². The van der Waals surface area contributed by atoms with Gasteiger partial charge in [-0.1, -0.05) is 0 Å². The van der Waals surface area contributed by atoms with Gasteiger partial charge >= 0.3 is 0 Å². The molecule has 7 heteroatoms. The van der Waals surface area contributed by atoms with Crippen molar-refractivity contribution in [2.45, 2.75) is 13.3 Å². The summed E-state index contributed by atoms with van der Waals surface area (Å²) in [4.78, 5) is 18.5. The molecule has 15 heavy (non-hydrogen) atoms. The maximum absolute atomic E-state index is 10.5. The second-order valence-corrected chi connectivity index (χ2v) is 2.98. The van der Waals surface area contributed by atoms with E-state index in [1.165, 1.54) is 6.33 Å². The molecule has 1 rings (SSSR count). The summed E-state index contributed by atoms with van der Waals surface area (Å²) >= 11 is 0. The Morgan fingerprint density at radius 2 is 2.13 bits per heavy atom. The minimum Gasteiger partial charge on any atom is -0.370 e. The second kappa shape index (κ2) is 5.11. The molecule has 0 fully saturated rings. The second-order valence-electron chi connectivity index (χ2n) is 2.98. The Kier molecular flexibility index (Phi) is 3.81. The van der Waals surface area contributed by atoms with Crippen LogP contribution in [0.4, 0.5) is 11.6 Å². The quantitative estimate of drug-likeness (QED) is 0.379. The van der Waals surface area contributed by atoms with Crippen molar-refractivity contribution in [3.63, 3.8) is 0 Å². The number of hydrazine groups is 1. The van der Waals surface area contributed by atoms with Crippen LogP contribution in [0.1, 0.15) is 12.0 Å². The summed E-state index contributed by atoms with van der Waals surface area (Å²) in [5.41, 5.74) is 8.25. The van der Waals surface area contributed by atoms with Gasteiger partial charge in [-0.2, -0.15) is 0 Å². The number of hydrogen-bond acceptors (Lipinski definition) is 6. The number of nitrogens with two attached hydrogens (primary N) is 2. The Morgan fingerprint density at radius 3 is 2.73 bits per heavy atom. The van der Waals surface area contributed by atoms with Crippen LogP contribution >= 0.6 is 0 Å². The number of rotatable bonds is 5. The first-order valence-corrected chi connectivity index (χ1v) is 4.45. The minimum absolute atomic E-state index is 0.259. The molecule has 0 spiro atoms. The van der Waals surface area contributed by atoms with Crippen LogP contribution < -0.4 is 22.3 Å². The van der Waals surface area contributed by atoms with Gasteiger partial charge in [-0.25, -0.2) is 15.8 Å². The van der Waals surface area contributed by atoms with Crippen LogP contribution in [0, 0.1) is 6.92 Å². The molecule has 1 aromatic heterocycles. The maximum atomic E-state index is 10.5. The Morgan fingerprint density at radius 1 is 1.47 bits per heavy atom. The lowest BCUT2D eigenvalue weighted by Gasteiger charge is -2.09. The van der Waals surface area contributed by atoms with Crippen LogP contribution in [0.25, 0.3) is 0 Å². The molecule has 0 aromatic carbocycles. The van der Waals surface area contributed by atoms with E-state index >= 15 is 0 Å². The number of aromatic nitrogens is 2. The van der Waals surface area contributed by atoms with Gasteiger partial charge in [-0.05, 0) is 6.92 Å². The fraction of sp³-hybridized carbons (Fsp3) is 0.375. The smallest absolute Gasteiger partial charge is 0.219 e. The van der Waals surface area contributed by atoms with Gasteiger partial charge in [0.2, 0.25) is 5.91 Å². The number of nitrogens with one attached hydrogen (secondary N) is 2. The van der Waals surface area contributed by atoms with Gasteiger partial charge in [0.1, 0.15) is 18.0 Å². The molecular weight excluding hydrogens is 196 g/mol. The standard InChI is InChI=1S/C8H14N6O/c1-5-7(11-3-2-6(9)15)12-4-13-8(5)14-10/h4H,2-3,10H2,1H3,(H2,9,15)(H2,11,12,13,14). The predicted octanol–water partition coefficient (Wildman–Crippen LogP) is -0.642. The SMILES string of the molecule is Cc1c(NN)ncnc1NCCC(N)=O. The molecule has 0 atom stereocenters. The molecule has 0 radical (unpaired) electrons. The third-order valence-electron chi connectivity index (χ3n) is 1.88. The number of primary amides is 1. The van der Waals surface area contributed by atoms with E-state index in [2.05, 4.69) is 20.7 Å². The number of carbonyl (C=O) groups is 1. The lowest BCUT2D eigenvalue weighted by atomic mass is 10.3. The van der Waals surface area contributed by atoms with Crippen molar-refractivity contribution >= 4 is 17.5 Å². The van der Waals surface area contributed by atoms with Gasteiger partial charge < -0.3 is 16.5 Å². The summed E-state index contributed by atoms with van der Waals surface area (Å²) in [6, 6.07) is 0. The van der Waals surface area contributed by atoms with E-state index in [1.807, 2.05) is 6.92 Å². The minimum atomic E-state index is -0.355. The summed E-state index contributed by atoms with van der Waals surface area (Å²) in [7, 11) is 0. The van der Waals surface area contributed by atoms with E-state index < -0.39 is 0 Å². The van der Waals surface area contributed by atoms with Crippen LogP contribution in [-0.2, 0) is 4.79 Å². The molecular formula is C8H14N6O. The topological polar surface area (TPSA) is 119 Å². The molecule has 0 bridgehead atoms.